The number of aromatic amines is 1. The molecular formula is C15H21N3O4S. The molecule has 0 aliphatic heterocycles. The first kappa shape index (κ1) is 14.6. The lowest BCUT2D eigenvalue weighted by Crippen LogP contribution is -2.35. The Kier molecular flexibility index (Phi) is 2.90. The molecule has 0 radical (unpaired) electrons. The van der Waals surface area contributed by atoms with E-state index in [4.69, 9.17) is 0 Å². The van der Waals surface area contributed by atoms with Gasteiger partial charge in [0.2, 0.25) is 10.0 Å². The summed E-state index contributed by atoms with van der Waals surface area (Å²) in [6.45, 7) is 1.85. The van der Waals surface area contributed by atoms with Crippen molar-refractivity contribution in [3.05, 3.63) is 39.0 Å². The highest BCUT2D eigenvalue weighted by molar-refractivity contribution is 7.89. The van der Waals surface area contributed by atoms with Crippen LogP contribution >= 0.6 is 0 Å². The van der Waals surface area contributed by atoms with Crippen molar-refractivity contribution in [3.8, 4) is 0 Å². The molecule has 0 bridgehead atoms. The van der Waals surface area contributed by atoms with Crippen LogP contribution in [0.5, 0.6) is 0 Å². The van der Waals surface area contributed by atoms with E-state index in [9.17, 15) is 18.0 Å². The van der Waals surface area contributed by atoms with E-state index in [0.717, 1.165) is 25.7 Å². The molecule has 1 aromatic carbocycles. The van der Waals surface area contributed by atoms with Crippen molar-refractivity contribution in [3.63, 3.8) is 0 Å². The number of sulfonamides is 1. The molecule has 0 amide bonds. The third-order valence-corrected chi connectivity index (χ3v) is 6.14. The third kappa shape index (κ3) is 2.51. The number of rotatable bonds is 4. The maximum absolute atomic E-state index is 12.5. The van der Waals surface area contributed by atoms with Gasteiger partial charge in [0.1, 0.15) is 0 Å². The van der Waals surface area contributed by atoms with E-state index < -0.39 is 21.3 Å². The minimum absolute atomic E-state index is 0. The summed E-state index contributed by atoms with van der Waals surface area (Å²) in [5.74, 6) is 0. The number of hydrogen-bond donors (Lipinski definition) is 2. The number of H-pyrrole nitrogens is 1. The maximum Gasteiger partial charge on any atom is 0.329 e. The summed E-state index contributed by atoms with van der Waals surface area (Å²) >= 11 is 0. The first-order valence-corrected chi connectivity index (χ1v) is 9.10. The maximum atomic E-state index is 12.5. The first-order valence-electron chi connectivity index (χ1n) is 7.62. The zero-order valence-electron chi connectivity index (χ0n) is 12.6. The Labute approximate surface area is 135 Å². The van der Waals surface area contributed by atoms with Gasteiger partial charge in [0.15, 0.2) is 0 Å². The van der Waals surface area contributed by atoms with Crippen molar-refractivity contribution in [2.24, 2.45) is 0 Å². The Bertz CT molecular complexity index is 1040. The monoisotopic (exact) mass is 339 g/mol. The van der Waals surface area contributed by atoms with Gasteiger partial charge in [-0.15, -0.1) is 0 Å². The van der Waals surface area contributed by atoms with Crippen LogP contribution in [0.3, 0.4) is 0 Å². The molecule has 0 unspecified atom stereocenters. The molecule has 4 rings (SSSR count). The largest absolute Gasteiger partial charge is 0.329 e. The van der Waals surface area contributed by atoms with Gasteiger partial charge in [-0.2, -0.15) is 0 Å². The third-order valence-electron chi connectivity index (χ3n) is 4.50. The molecule has 1 heterocycles. The second-order valence-corrected chi connectivity index (χ2v) is 8.39. The van der Waals surface area contributed by atoms with Crippen LogP contribution in [0, 0.1) is 0 Å². The van der Waals surface area contributed by atoms with Gasteiger partial charge < -0.3 is 4.98 Å². The fourth-order valence-electron chi connectivity index (χ4n) is 2.71. The van der Waals surface area contributed by atoms with Crippen LogP contribution in [0.4, 0.5) is 0 Å². The Balaban J connectivity index is 0.00000113. The van der Waals surface area contributed by atoms with Gasteiger partial charge in [0.25, 0.3) is 5.56 Å². The number of benzene rings is 1. The summed E-state index contributed by atoms with van der Waals surface area (Å²) in [6.07, 6.45) is 3.21. The molecule has 0 spiro atoms. The van der Waals surface area contributed by atoms with E-state index in [-0.39, 0.29) is 24.7 Å². The fourth-order valence-corrected chi connectivity index (χ4v) is 4.20. The number of nitrogens with zero attached hydrogens (tertiary/aromatic N) is 1. The van der Waals surface area contributed by atoms with Crippen molar-refractivity contribution in [1.82, 2.24) is 14.3 Å². The lowest BCUT2D eigenvalue weighted by molar-refractivity contribution is 0.558. The average molecular weight is 339 g/mol. The number of aromatic nitrogens is 2. The van der Waals surface area contributed by atoms with Crippen LogP contribution in [0.15, 0.2) is 32.7 Å². The van der Waals surface area contributed by atoms with E-state index in [1.807, 2.05) is 6.92 Å². The summed E-state index contributed by atoms with van der Waals surface area (Å²) < 4.78 is 28.7. The second-order valence-electron chi connectivity index (χ2n) is 6.71. The van der Waals surface area contributed by atoms with E-state index in [1.54, 1.807) is 0 Å². The summed E-state index contributed by atoms with van der Waals surface area (Å²) in [5, 5.41) is 0.223. The highest BCUT2D eigenvalue weighted by Crippen LogP contribution is 2.36. The van der Waals surface area contributed by atoms with Crippen LogP contribution in [-0.4, -0.2) is 23.5 Å². The molecule has 8 heteroatoms. The molecule has 2 N–H and O–H groups in total. The zero-order valence-corrected chi connectivity index (χ0v) is 13.4. The summed E-state index contributed by atoms with van der Waals surface area (Å²) in [4.78, 5) is 27.2. The molecule has 2 fully saturated rings. The SMILES string of the molecule is CC1(NS(=O)(=O)c2ccc3[nH]c(=O)n(C4CC4)c(=O)c3c2)CC1.[HH].[HH]. The van der Waals surface area contributed by atoms with Crippen LogP contribution < -0.4 is 16.0 Å². The Morgan fingerprint density at radius 2 is 2.00 bits per heavy atom. The summed E-state index contributed by atoms with van der Waals surface area (Å²) in [6, 6.07) is 4.16. The van der Waals surface area contributed by atoms with Gasteiger partial charge in [-0.25, -0.2) is 17.9 Å². The molecule has 2 aromatic rings. The van der Waals surface area contributed by atoms with Crippen LogP contribution in [-0.2, 0) is 10.0 Å². The second kappa shape index (κ2) is 4.55. The van der Waals surface area contributed by atoms with E-state index in [0.29, 0.717) is 5.52 Å². The molecule has 7 nitrogen and oxygen atoms in total. The predicted molar refractivity (Wildman–Crippen MR) is 89.3 cm³/mol. The molecule has 2 aliphatic rings. The Morgan fingerprint density at radius 1 is 1.30 bits per heavy atom. The average Bonchev–Trinajstić information content (AvgIpc) is 3.37. The lowest BCUT2D eigenvalue weighted by Gasteiger charge is -2.12. The topological polar surface area (TPSA) is 101 Å². The fraction of sp³-hybridized carbons (Fsp3) is 0.467. The Morgan fingerprint density at radius 3 is 2.61 bits per heavy atom. The molecular weight excluding hydrogens is 318 g/mol. The highest BCUT2D eigenvalue weighted by Gasteiger charge is 2.41. The van der Waals surface area contributed by atoms with Gasteiger partial charge in [0.05, 0.1) is 15.8 Å². The van der Waals surface area contributed by atoms with E-state index in [1.165, 1.54) is 22.8 Å². The van der Waals surface area contributed by atoms with Gasteiger partial charge >= 0.3 is 5.69 Å². The van der Waals surface area contributed by atoms with E-state index in [2.05, 4.69) is 9.71 Å². The minimum atomic E-state index is -3.68. The van der Waals surface area contributed by atoms with Crippen molar-refractivity contribution in [2.45, 2.75) is 49.1 Å². The van der Waals surface area contributed by atoms with Crippen molar-refractivity contribution < 1.29 is 11.3 Å². The number of nitrogens with one attached hydrogen (secondary N) is 2. The smallest absolute Gasteiger partial charge is 0.307 e. The van der Waals surface area contributed by atoms with Crippen LogP contribution in [0.1, 0.15) is 41.5 Å². The molecule has 0 saturated heterocycles. The van der Waals surface area contributed by atoms with Crippen LogP contribution in [0.25, 0.3) is 10.9 Å². The molecule has 2 aliphatic carbocycles. The quantitative estimate of drug-likeness (QED) is 0.878. The molecule has 0 atom stereocenters. The zero-order chi connectivity index (χ0) is 16.4. The lowest BCUT2D eigenvalue weighted by atomic mass is 10.2. The van der Waals surface area contributed by atoms with Gasteiger partial charge in [-0.05, 0) is 50.8 Å². The van der Waals surface area contributed by atoms with Crippen molar-refractivity contribution in [1.29, 1.82) is 0 Å². The molecule has 2 saturated carbocycles. The van der Waals surface area contributed by atoms with Crippen LogP contribution in [0.2, 0.25) is 0 Å². The van der Waals surface area contributed by atoms with Gasteiger partial charge in [-0.3, -0.25) is 9.36 Å². The highest BCUT2D eigenvalue weighted by atomic mass is 32.2. The van der Waals surface area contributed by atoms with Gasteiger partial charge in [-0.1, -0.05) is 0 Å². The van der Waals surface area contributed by atoms with E-state index >= 15 is 0 Å². The normalized spacial score (nSPS) is 19.9. The summed E-state index contributed by atoms with van der Waals surface area (Å²) in [7, 11) is -3.68. The minimum Gasteiger partial charge on any atom is -0.307 e. The standard InChI is InChI=1S/C15H17N3O4S.2H2/c1-15(6-7-15)17-23(21,22)10-4-5-12-11(8-10)13(19)18(9-2-3-9)14(20)16-12;;/h4-5,8-9,17H,2-3,6-7H2,1H3,(H,16,20);2*1H. The first-order chi connectivity index (χ1) is 10.8. The molecule has 126 valence electrons. The van der Waals surface area contributed by atoms with Gasteiger partial charge in [0, 0.05) is 14.4 Å². The predicted octanol–water partition coefficient (Wildman–Crippen LogP) is 1.35. The summed E-state index contributed by atoms with van der Waals surface area (Å²) in [5.41, 5.74) is -0.897. The number of hydrogen-bond acceptors (Lipinski definition) is 4. The van der Waals surface area contributed by atoms with Crippen molar-refractivity contribution in [2.75, 3.05) is 0 Å². The molecule has 23 heavy (non-hydrogen) atoms. The Hall–Kier alpha value is -1.93. The number of fused-ring (bicyclic) bond motifs is 1. The van der Waals surface area contributed by atoms with Crippen molar-refractivity contribution >= 4 is 20.9 Å². The molecule has 1 aromatic heterocycles.